The van der Waals surface area contributed by atoms with Gasteiger partial charge in [0.05, 0.1) is 0 Å². The molecule has 0 saturated carbocycles. The molecule has 0 spiro atoms. The van der Waals surface area contributed by atoms with Crippen molar-refractivity contribution in [2.75, 3.05) is 0 Å². The fourth-order valence-corrected chi connectivity index (χ4v) is 1.27. The average molecular weight is 166 g/mol. The molecule has 0 heterocycles. The van der Waals surface area contributed by atoms with Crippen molar-refractivity contribution in [1.82, 2.24) is 0 Å². The highest BCUT2D eigenvalue weighted by atomic mass is 14.0. The molecule has 0 amide bonds. The largest absolute Gasteiger partial charge is 0.0991 e. The van der Waals surface area contributed by atoms with Crippen molar-refractivity contribution in [3.63, 3.8) is 0 Å². The van der Waals surface area contributed by atoms with Crippen molar-refractivity contribution in [2.45, 2.75) is 52.4 Å². The van der Waals surface area contributed by atoms with Gasteiger partial charge in [-0.25, -0.2) is 0 Å². The monoisotopic (exact) mass is 166 g/mol. The van der Waals surface area contributed by atoms with Crippen molar-refractivity contribution >= 4 is 0 Å². The zero-order valence-corrected chi connectivity index (χ0v) is 8.60. The van der Waals surface area contributed by atoms with Crippen LogP contribution in [0.25, 0.3) is 0 Å². The molecule has 70 valence electrons. The zero-order chi connectivity index (χ0) is 9.23. The predicted octanol–water partition coefficient (Wildman–Crippen LogP) is 4.48. The molecule has 0 fully saturated rings. The molecule has 0 aromatic rings. The van der Waals surface area contributed by atoms with Gasteiger partial charge < -0.3 is 0 Å². The normalized spacial score (nSPS) is 9.50. The van der Waals surface area contributed by atoms with Crippen LogP contribution in [-0.4, -0.2) is 0 Å². The lowest BCUT2D eigenvalue weighted by molar-refractivity contribution is 0.713. The van der Waals surface area contributed by atoms with E-state index >= 15 is 0 Å². The number of allylic oxidation sites excluding steroid dienone is 3. The maximum absolute atomic E-state index is 3.74. The maximum Gasteiger partial charge on any atom is -0.0317 e. The molecule has 0 rings (SSSR count). The van der Waals surface area contributed by atoms with Gasteiger partial charge >= 0.3 is 0 Å². The number of rotatable bonds is 7. The summed E-state index contributed by atoms with van der Waals surface area (Å²) in [6, 6.07) is 0. The second-order valence-electron chi connectivity index (χ2n) is 3.27. The third kappa shape index (κ3) is 6.21. The lowest BCUT2D eigenvalue weighted by atomic mass is 10.0. The van der Waals surface area contributed by atoms with Gasteiger partial charge in [-0.3, -0.25) is 0 Å². The Labute approximate surface area is 77.4 Å². The third-order valence-electron chi connectivity index (χ3n) is 2.06. The van der Waals surface area contributed by atoms with E-state index in [1.807, 2.05) is 6.08 Å². The van der Waals surface area contributed by atoms with Crippen LogP contribution < -0.4 is 0 Å². The summed E-state index contributed by atoms with van der Waals surface area (Å²) in [6.07, 6.45) is 11.9. The van der Waals surface area contributed by atoms with Gasteiger partial charge in [0.25, 0.3) is 0 Å². The molecule has 0 aliphatic rings. The molecule has 0 aromatic carbocycles. The molecular weight excluding hydrogens is 144 g/mol. The van der Waals surface area contributed by atoms with Gasteiger partial charge in [-0.2, -0.15) is 0 Å². The Kier molecular flexibility index (Phi) is 8.20. The van der Waals surface area contributed by atoms with E-state index in [0.29, 0.717) is 0 Å². The van der Waals surface area contributed by atoms with Crippen LogP contribution in [0, 0.1) is 0 Å². The van der Waals surface area contributed by atoms with E-state index in [0.717, 1.165) is 0 Å². The Balaban J connectivity index is 3.70. The van der Waals surface area contributed by atoms with Crippen LogP contribution >= 0.6 is 0 Å². The van der Waals surface area contributed by atoms with Gasteiger partial charge in [-0.15, -0.1) is 0 Å². The Morgan fingerprint density at radius 2 is 1.58 bits per heavy atom. The molecule has 0 aliphatic heterocycles. The Morgan fingerprint density at radius 3 is 1.92 bits per heavy atom. The Bertz CT molecular complexity index is 121. The van der Waals surface area contributed by atoms with Crippen LogP contribution in [0.3, 0.4) is 0 Å². The first-order chi connectivity index (χ1) is 5.85. The highest BCUT2D eigenvalue weighted by molar-refractivity contribution is 5.10. The minimum atomic E-state index is 1.27. The molecule has 0 N–H and O–H groups in total. The van der Waals surface area contributed by atoms with E-state index in [4.69, 9.17) is 0 Å². The standard InChI is InChI=1S/C12H22/c1-4-7-10-12(9-6-3)11-8-5-2/h6,9H,3-5,7-8,10-11H2,1-2H3. The quantitative estimate of drug-likeness (QED) is 0.489. The molecule has 0 heteroatoms. The van der Waals surface area contributed by atoms with E-state index in [2.05, 4.69) is 26.5 Å². The minimum Gasteiger partial charge on any atom is -0.0991 e. The highest BCUT2D eigenvalue weighted by Gasteiger charge is 1.94. The van der Waals surface area contributed by atoms with Crippen LogP contribution in [0.4, 0.5) is 0 Å². The SMILES string of the molecule is C=CC=C(CCCC)CCCC. The van der Waals surface area contributed by atoms with Gasteiger partial charge in [0.2, 0.25) is 0 Å². The number of unbranched alkanes of at least 4 members (excludes halogenated alkanes) is 2. The summed E-state index contributed by atoms with van der Waals surface area (Å²) in [5.74, 6) is 0. The van der Waals surface area contributed by atoms with Gasteiger partial charge in [0, 0.05) is 0 Å². The topological polar surface area (TPSA) is 0 Å². The van der Waals surface area contributed by atoms with Crippen molar-refractivity contribution in [3.8, 4) is 0 Å². The Hall–Kier alpha value is -0.520. The molecule has 0 saturated heterocycles. The molecule has 12 heavy (non-hydrogen) atoms. The first-order valence-corrected chi connectivity index (χ1v) is 5.15. The first-order valence-electron chi connectivity index (χ1n) is 5.15. The summed E-state index contributed by atoms with van der Waals surface area (Å²) in [5, 5.41) is 0. The maximum atomic E-state index is 3.74. The van der Waals surface area contributed by atoms with Crippen LogP contribution in [0.2, 0.25) is 0 Å². The second-order valence-corrected chi connectivity index (χ2v) is 3.27. The summed E-state index contributed by atoms with van der Waals surface area (Å²) in [5.41, 5.74) is 1.58. The molecule has 0 radical (unpaired) electrons. The van der Waals surface area contributed by atoms with Gasteiger partial charge in [0.15, 0.2) is 0 Å². The van der Waals surface area contributed by atoms with Gasteiger partial charge in [-0.05, 0) is 25.7 Å². The number of hydrogen-bond acceptors (Lipinski definition) is 0. The fraction of sp³-hybridized carbons (Fsp3) is 0.667. The van der Waals surface area contributed by atoms with E-state index in [-0.39, 0.29) is 0 Å². The summed E-state index contributed by atoms with van der Waals surface area (Å²) in [7, 11) is 0. The lowest BCUT2D eigenvalue weighted by Gasteiger charge is -2.04. The molecule has 0 nitrogen and oxygen atoms in total. The van der Waals surface area contributed by atoms with Gasteiger partial charge in [-0.1, -0.05) is 51.0 Å². The van der Waals surface area contributed by atoms with Crippen LogP contribution in [0.5, 0.6) is 0 Å². The highest BCUT2D eigenvalue weighted by Crippen LogP contribution is 2.14. The first kappa shape index (κ1) is 11.5. The summed E-state index contributed by atoms with van der Waals surface area (Å²) < 4.78 is 0. The molecule has 0 aromatic heterocycles. The van der Waals surface area contributed by atoms with Crippen LogP contribution in [0.15, 0.2) is 24.3 Å². The molecule has 0 unspecified atom stereocenters. The van der Waals surface area contributed by atoms with Crippen molar-refractivity contribution < 1.29 is 0 Å². The Morgan fingerprint density at radius 1 is 1.08 bits per heavy atom. The molecule has 0 atom stereocenters. The van der Waals surface area contributed by atoms with Crippen LogP contribution in [0.1, 0.15) is 52.4 Å². The summed E-state index contributed by atoms with van der Waals surface area (Å²) in [6.45, 7) is 8.22. The predicted molar refractivity (Wildman–Crippen MR) is 57.3 cm³/mol. The van der Waals surface area contributed by atoms with E-state index < -0.39 is 0 Å². The summed E-state index contributed by atoms with van der Waals surface area (Å²) in [4.78, 5) is 0. The van der Waals surface area contributed by atoms with Crippen molar-refractivity contribution in [1.29, 1.82) is 0 Å². The zero-order valence-electron chi connectivity index (χ0n) is 8.60. The van der Waals surface area contributed by atoms with E-state index in [9.17, 15) is 0 Å². The summed E-state index contributed by atoms with van der Waals surface area (Å²) >= 11 is 0. The lowest BCUT2D eigenvalue weighted by Crippen LogP contribution is -1.84. The van der Waals surface area contributed by atoms with E-state index in [1.165, 1.54) is 38.5 Å². The number of hydrogen-bond donors (Lipinski definition) is 0. The van der Waals surface area contributed by atoms with Crippen LogP contribution in [-0.2, 0) is 0 Å². The fourth-order valence-electron chi connectivity index (χ4n) is 1.27. The second kappa shape index (κ2) is 8.58. The molecule has 0 bridgehead atoms. The third-order valence-corrected chi connectivity index (χ3v) is 2.06. The molecular formula is C12H22. The minimum absolute atomic E-state index is 1.27. The average Bonchev–Trinajstić information content (AvgIpc) is 2.10. The van der Waals surface area contributed by atoms with Crippen molar-refractivity contribution in [2.24, 2.45) is 0 Å². The molecule has 0 aliphatic carbocycles. The smallest absolute Gasteiger partial charge is 0.0317 e. The van der Waals surface area contributed by atoms with Crippen molar-refractivity contribution in [3.05, 3.63) is 24.3 Å². The van der Waals surface area contributed by atoms with E-state index in [1.54, 1.807) is 5.57 Å². The van der Waals surface area contributed by atoms with Gasteiger partial charge in [0.1, 0.15) is 0 Å².